The Kier molecular flexibility index (Phi) is 4.43. The SMILES string of the molecule is CCc1cccc(C)c1NC(C)c1ccc(C)c(F)c1. The van der Waals surface area contributed by atoms with Gasteiger partial charge in [-0.2, -0.15) is 0 Å². The molecule has 1 unspecified atom stereocenters. The fraction of sp³-hybridized carbons (Fsp3) is 0.333. The molecule has 2 rings (SSSR count). The van der Waals surface area contributed by atoms with Gasteiger partial charge in [-0.15, -0.1) is 0 Å². The number of hydrogen-bond donors (Lipinski definition) is 1. The summed E-state index contributed by atoms with van der Waals surface area (Å²) in [5, 5.41) is 3.53. The molecular formula is C18H22FN. The molecule has 2 heteroatoms. The van der Waals surface area contributed by atoms with Crippen LogP contribution in [0.5, 0.6) is 0 Å². The minimum atomic E-state index is -0.142. The first kappa shape index (κ1) is 14.6. The monoisotopic (exact) mass is 271 g/mol. The summed E-state index contributed by atoms with van der Waals surface area (Å²) in [6.07, 6.45) is 0.985. The molecule has 0 bridgehead atoms. The second kappa shape index (κ2) is 6.08. The highest BCUT2D eigenvalue weighted by atomic mass is 19.1. The number of nitrogens with one attached hydrogen (secondary N) is 1. The molecule has 0 aliphatic heterocycles. The summed E-state index contributed by atoms with van der Waals surface area (Å²) < 4.78 is 13.7. The summed E-state index contributed by atoms with van der Waals surface area (Å²) in [6.45, 7) is 8.10. The average Bonchev–Trinajstić information content (AvgIpc) is 2.44. The van der Waals surface area contributed by atoms with Crippen molar-refractivity contribution < 1.29 is 4.39 Å². The number of benzene rings is 2. The topological polar surface area (TPSA) is 12.0 Å². The van der Waals surface area contributed by atoms with Crippen LogP contribution in [0.1, 0.15) is 42.1 Å². The van der Waals surface area contributed by atoms with E-state index in [0.717, 1.165) is 12.0 Å². The van der Waals surface area contributed by atoms with Crippen molar-refractivity contribution in [3.05, 3.63) is 64.5 Å². The molecule has 2 aromatic carbocycles. The first-order chi connectivity index (χ1) is 9.52. The van der Waals surface area contributed by atoms with E-state index in [-0.39, 0.29) is 11.9 Å². The maximum atomic E-state index is 13.7. The van der Waals surface area contributed by atoms with Crippen molar-refractivity contribution in [2.45, 2.75) is 40.2 Å². The molecule has 0 fully saturated rings. The predicted molar refractivity (Wildman–Crippen MR) is 83.7 cm³/mol. The van der Waals surface area contributed by atoms with Gasteiger partial charge in [0.25, 0.3) is 0 Å². The lowest BCUT2D eigenvalue weighted by molar-refractivity contribution is 0.614. The summed E-state index contributed by atoms with van der Waals surface area (Å²) >= 11 is 0. The van der Waals surface area contributed by atoms with Gasteiger partial charge in [-0.1, -0.05) is 37.3 Å². The maximum Gasteiger partial charge on any atom is 0.126 e. The van der Waals surface area contributed by atoms with Gasteiger partial charge in [0.1, 0.15) is 5.82 Å². The quantitative estimate of drug-likeness (QED) is 0.808. The van der Waals surface area contributed by atoms with Gasteiger partial charge in [-0.3, -0.25) is 0 Å². The Bertz CT molecular complexity index is 604. The number of aryl methyl sites for hydroxylation is 3. The zero-order chi connectivity index (χ0) is 14.7. The molecule has 1 nitrogen and oxygen atoms in total. The Hall–Kier alpha value is -1.83. The molecule has 20 heavy (non-hydrogen) atoms. The van der Waals surface area contributed by atoms with Gasteiger partial charge in [0.2, 0.25) is 0 Å². The third-order valence-electron chi connectivity index (χ3n) is 3.80. The summed E-state index contributed by atoms with van der Waals surface area (Å²) in [5.41, 5.74) is 5.35. The molecule has 0 saturated carbocycles. The van der Waals surface area contributed by atoms with E-state index < -0.39 is 0 Å². The molecule has 106 valence electrons. The van der Waals surface area contributed by atoms with Crippen LogP contribution in [0.4, 0.5) is 10.1 Å². The summed E-state index contributed by atoms with van der Waals surface area (Å²) in [7, 11) is 0. The van der Waals surface area contributed by atoms with Crippen LogP contribution in [0, 0.1) is 19.7 Å². The second-order valence-corrected chi connectivity index (χ2v) is 5.34. The van der Waals surface area contributed by atoms with Gasteiger partial charge < -0.3 is 5.32 Å². The van der Waals surface area contributed by atoms with E-state index in [1.807, 2.05) is 12.1 Å². The zero-order valence-electron chi connectivity index (χ0n) is 12.6. The van der Waals surface area contributed by atoms with Gasteiger partial charge in [0, 0.05) is 11.7 Å². The first-order valence-corrected chi connectivity index (χ1v) is 7.14. The standard InChI is InChI=1S/C18H22FN/c1-5-15-8-6-7-13(3)18(15)20-14(4)16-10-9-12(2)17(19)11-16/h6-11,14,20H,5H2,1-4H3. The molecule has 0 aliphatic rings. The minimum Gasteiger partial charge on any atom is -0.378 e. The van der Waals surface area contributed by atoms with Crippen LogP contribution < -0.4 is 5.32 Å². The molecule has 0 spiro atoms. The van der Waals surface area contributed by atoms with Gasteiger partial charge >= 0.3 is 0 Å². The Labute approximate surface area is 120 Å². The van der Waals surface area contributed by atoms with E-state index in [4.69, 9.17) is 0 Å². The van der Waals surface area contributed by atoms with Crippen molar-refractivity contribution in [3.63, 3.8) is 0 Å². The van der Waals surface area contributed by atoms with Crippen molar-refractivity contribution >= 4 is 5.69 Å². The van der Waals surface area contributed by atoms with Crippen molar-refractivity contribution in [2.75, 3.05) is 5.32 Å². The van der Waals surface area contributed by atoms with Crippen LogP contribution in [0.3, 0.4) is 0 Å². The summed E-state index contributed by atoms with van der Waals surface area (Å²) in [4.78, 5) is 0. The molecule has 0 heterocycles. The molecule has 1 atom stereocenters. The highest BCUT2D eigenvalue weighted by Crippen LogP contribution is 2.27. The Balaban J connectivity index is 2.27. The third kappa shape index (κ3) is 3.01. The van der Waals surface area contributed by atoms with Crippen molar-refractivity contribution in [3.8, 4) is 0 Å². The Morgan fingerprint density at radius 1 is 1.10 bits per heavy atom. The van der Waals surface area contributed by atoms with Crippen LogP contribution in [-0.4, -0.2) is 0 Å². The van der Waals surface area contributed by atoms with E-state index in [9.17, 15) is 4.39 Å². The largest absolute Gasteiger partial charge is 0.378 e. The number of halogens is 1. The number of rotatable bonds is 4. The van der Waals surface area contributed by atoms with Crippen LogP contribution >= 0.6 is 0 Å². The third-order valence-corrected chi connectivity index (χ3v) is 3.80. The summed E-state index contributed by atoms with van der Waals surface area (Å²) in [5.74, 6) is -0.142. The van der Waals surface area contributed by atoms with Crippen LogP contribution in [0.15, 0.2) is 36.4 Å². The van der Waals surface area contributed by atoms with Gasteiger partial charge in [0.05, 0.1) is 0 Å². The number of anilines is 1. The highest BCUT2D eigenvalue weighted by molar-refractivity contribution is 5.58. The van der Waals surface area contributed by atoms with Crippen molar-refractivity contribution in [1.29, 1.82) is 0 Å². The number of hydrogen-bond acceptors (Lipinski definition) is 1. The summed E-state index contributed by atoms with van der Waals surface area (Å²) in [6, 6.07) is 11.8. The van der Waals surface area contributed by atoms with Gasteiger partial charge in [-0.25, -0.2) is 4.39 Å². The van der Waals surface area contributed by atoms with Gasteiger partial charge in [-0.05, 0) is 55.5 Å². The fourth-order valence-corrected chi connectivity index (χ4v) is 2.41. The number of para-hydroxylation sites is 1. The first-order valence-electron chi connectivity index (χ1n) is 7.14. The lowest BCUT2D eigenvalue weighted by atomic mass is 10.0. The van der Waals surface area contributed by atoms with Crippen molar-refractivity contribution in [1.82, 2.24) is 0 Å². The van der Waals surface area contributed by atoms with Crippen LogP contribution in [-0.2, 0) is 6.42 Å². The normalized spacial score (nSPS) is 12.2. The molecule has 0 amide bonds. The lowest BCUT2D eigenvalue weighted by Crippen LogP contribution is -2.10. The molecule has 0 radical (unpaired) electrons. The molecule has 0 aromatic heterocycles. The van der Waals surface area contributed by atoms with E-state index in [1.165, 1.54) is 16.8 Å². The molecular weight excluding hydrogens is 249 g/mol. The fourth-order valence-electron chi connectivity index (χ4n) is 2.41. The Morgan fingerprint density at radius 3 is 2.50 bits per heavy atom. The van der Waals surface area contributed by atoms with Crippen LogP contribution in [0.25, 0.3) is 0 Å². The average molecular weight is 271 g/mol. The lowest BCUT2D eigenvalue weighted by Gasteiger charge is -2.20. The predicted octanol–water partition coefficient (Wildman–Crippen LogP) is 5.18. The zero-order valence-corrected chi connectivity index (χ0v) is 12.6. The molecule has 1 N–H and O–H groups in total. The molecule has 2 aromatic rings. The highest BCUT2D eigenvalue weighted by Gasteiger charge is 2.11. The van der Waals surface area contributed by atoms with E-state index >= 15 is 0 Å². The van der Waals surface area contributed by atoms with E-state index in [1.54, 1.807) is 13.0 Å². The second-order valence-electron chi connectivity index (χ2n) is 5.34. The van der Waals surface area contributed by atoms with Crippen LogP contribution in [0.2, 0.25) is 0 Å². The smallest absolute Gasteiger partial charge is 0.126 e. The molecule has 0 saturated heterocycles. The van der Waals surface area contributed by atoms with Gasteiger partial charge in [0.15, 0.2) is 0 Å². The van der Waals surface area contributed by atoms with E-state index in [2.05, 4.69) is 44.3 Å². The molecule has 0 aliphatic carbocycles. The Morgan fingerprint density at radius 2 is 1.85 bits per heavy atom. The minimum absolute atomic E-state index is 0.0801. The maximum absolute atomic E-state index is 13.7. The van der Waals surface area contributed by atoms with E-state index in [0.29, 0.717) is 5.56 Å². The van der Waals surface area contributed by atoms with Crippen molar-refractivity contribution in [2.24, 2.45) is 0 Å².